The molecule has 2 aromatic heterocycles. The van der Waals surface area contributed by atoms with Crippen molar-refractivity contribution in [1.82, 2.24) is 15.3 Å². The van der Waals surface area contributed by atoms with Crippen LogP contribution >= 0.6 is 11.6 Å². The molecule has 1 aliphatic rings. The summed E-state index contributed by atoms with van der Waals surface area (Å²) in [5, 5.41) is 8.58. The van der Waals surface area contributed by atoms with Gasteiger partial charge < -0.3 is 20.9 Å². The first-order valence-electron chi connectivity index (χ1n) is 10.7. The molecule has 1 atom stereocenters. The molecular weight excluding hydrogens is 454 g/mol. The predicted octanol–water partition coefficient (Wildman–Crippen LogP) is 4.19. The third-order valence-electron chi connectivity index (χ3n) is 5.77. The number of hydrogen-bond donors (Lipinski definition) is 4. The Hall–Kier alpha value is -3.91. The minimum Gasteiger partial charge on any atom is -0.357 e. The van der Waals surface area contributed by atoms with Gasteiger partial charge in [0.25, 0.3) is 11.8 Å². The Balaban J connectivity index is 1.63. The second kappa shape index (κ2) is 9.52. The van der Waals surface area contributed by atoms with E-state index in [-0.39, 0.29) is 29.6 Å². The van der Waals surface area contributed by atoms with E-state index in [0.29, 0.717) is 33.8 Å². The van der Waals surface area contributed by atoms with Crippen molar-refractivity contribution < 1.29 is 14.4 Å². The van der Waals surface area contributed by atoms with Crippen LogP contribution in [0.25, 0.3) is 11.6 Å². The number of aromatic amines is 1. The van der Waals surface area contributed by atoms with Crippen molar-refractivity contribution in [3.63, 3.8) is 0 Å². The van der Waals surface area contributed by atoms with E-state index >= 15 is 0 Å². The molecule has 3 amide bonds. The molecule has 174 valence electrons. The summed E-state index contributed by atoms with van der Waals surface area (Å²) in [6, 6.07) is 8.60. The number of benzene rings is 1. The summed E-state index contributed by atoms with van der Waals surface area (Å²) >= 11 is 5.61. The number of carbonyl (C=O) groups is 3. The number of alkyl halides is 1. The summed E-state index contributed by atoms with van der Waals surface area (Å²) < 4.78 is 0. The van der Waals surface area contributed by atoms with Crippen LogP contribution in [0.4, 0.5) is 11.4 Å². The fraction of sp³-hybridized carbons (Fsp3) is 0.200. The highest BCUT2D eigenvalue weighted by atomic mass is 35.5. The molecule has 8 nitrogen and oxygen atoms in total. The van der Waals surface area contributed by atoms with Gasteiger partial charge in [-0.25, -0.2) is 0 Å². The number of rotatable bonds is 6. The van der Waals surface area contributed by atoms with Crippen molar-refractivity contribution in [2.75, 3.05) is 16.5 Å². The Morgan fingerprint density at radius 1 is 1.18 bits per heavy atom. The van der Waals surface area contributed by atoms with Crippen LogP contribution in [0.1, 0.15) is 51.4 Å². The lowest BCUT2D eigenvalue weighted by molar-refractivity contribution is -0.114. The third-order valence-corrected chi connectivity index (χ3v) is 6.01. The molecule has 0 radical (unpaired) electrons. The van der Waals surface area contributed by atoms with Crippen molar-refractivity contribution in [3.8, 4) is 0 Å². The number of fused-ring (bicyclic) bond motifs is 1. The maximum absolute atomic E-state index is 12.9. The average molecular weight is 478 g/mol. The fourth-order valence-corrected chi connectivity index (χ4v) is 3.98. The van der Waals surface area contributed by atoms with Crippen molar-refractivity contribution in [1.29, 1.82) is 0 Å². The number of pyridine rings is 1. The first-order chi connectivity index (χ1) is 16.3. The minimum absolute atomic E-state index is 0.152. The third kappa shape index (κ3) is 4.58. The number of aryl methyl sites for hydroxylation is 1. The van der Waals surface area contributed by atoms with Crippen LogP contribution < -0.4 is 16.0 Å². The highest BCUT2D eigenvalue weighted by Crippen LogP contribution is 2.35. The van der Waals surface area contributed by atoms with E-state index < -0.39 is 0 Å². The Labute approximate surface area is 201 Å². The minimum atomic E-state index is -0.313. The largest absolute Gasteiger partial charge is 0.357 e. The van der Waals surface area contributed by atoms with Gasteiger partial charge in [-0.2, -0.15) is 0 Å². The van der Waals surface area contributed by atoms with Crippen LogP contribution in [0.5, 0.6) is 0 Å². The Bertz CT molecular complexity index is 1310. The molecule has 4 rings (SSSR count). The number of halogens is 1. The quantitative estimate of drug-likeness (QED) is 0.314. The number of amides is 3. The van der Waals surface area contributed by atoms with E-state index in [2.05, 4.69) is 25.9 Å². The van der Waals surface area contributed by atoms with Crippen LogP contribution in [0.3, 0.4) is 0 Å². The summed E-state index contributed by atoms with van der Waals surface area (Å²) in [6.07, 6.45) is 5.08. The molecule has 0 saturated carbocycles. The van der Waals surface area contributed by atoms with Gasteiger partial charge in [-0.3, -0.25) is 19.4 Å². The lowest BCUT2D eigenvalue weighted by atomic mass is 10.0. The summed E-state index contributed by atoms with van der Waals surface area (Å²) in [4.78, 5) is 44.6. The van der Waals surface area contributed by atoms with Gasteiger partial charge >= 0.3 is 0 Å². The molecule has 34 heavy (non-hydrogen) atoms. The lowest BCUT2D eigenvalue weighted by Gasteiger charge is -2.14. The van der Waals surface area contributed by atoms with Crippen molar-refractivity contribution in [2.24, 2.45) is 0 Å². The highest BCUT2D eigenvalue weighted by molar-refractivity contribution is 6.35. The monoisotopic (exact) mass is 477 g/mol. The summed E-state index contributed by atoms with van der Waals surface area (Å²) in [5.74, 6) is -0.980. The van der Waals surface area contributed by atoms with Gasteiger partial charge in [0, 0.05) is 40.6 Å². The number of nitrogens with zero attached hydrogens (tertiary/aromatic N) is 1. The smallest absolute Gasteiger partial charge is 0.256 e. The molecular formula is C25H24ClN5O3. The van der Waals surface area contributed by atoms with E-state index in [1.54, 1.807) is 36.7 Å². The molecule has 1 unspecified atom stereocenters. The molecule has 0 saturated heterocycles. The average Bonchev–Trinajstić information content (AvgIpc) is 3.29. The zero-order valence-electron chi connectivity index (χ0n) is 19.0. The predicted molar refractivity (Wildman–Crippen MR) is 133 cm³/mol. The van der Waals surface area contributed by atoms with Crippen LogP contribution in [0, 0.1) is 13.8 Å². The van der Waals surface area contributed by atoms with E-state index in [9.17, 15) is 14.4 Å². The SMILES string of the molecule is Cc1[nH]c(C=C2C(=O)Nc3ccc(C(=O)NC(C)c4ccncc4)cc32)c(C)c1NC(=O)CCl. The number of anilines is 2. The zero-order chi connectivity index (χ0) is 24.4. The molecule has 3 heterocycles. The molecule has 0 spiro atoms. The van der Waals surface area contributed by atoms with E-state index in [0.717, 1.165) is 16.8 Å². The molecule has 9 heteroatoms. The van der Waals surface area contributed by atoms with Gasteiger partial charge in [0.15, 0.2) is 0 Å². The van der Waals surface area contributed by atoms with Gasteiger partial charge in [0.2, 0.25) is 5.91 Å². The molecule has 1 aliphatic heterocycles. The van der Waals surface area contributed by atoms with Crippen LogP contribution in [-0.2, 0) is 9.59 Å². The molecule has 0 bridgehead atoms. The van der Waals surface area contributed by atoms with Gasteiger partial charge in [-0.15, -0.1) is 11.6 Å². The van der Waals surface area contributed by atoms with E-state index in [4.69, 9.17) is 11.6 Å². The molecule has 1 aromatic carbocycles. The van der Waals surface area contributed by atoms with Crippen molar-refractivity contribution in [3.05, 3.63) is 76.4 Å². The molecule has 0 aliphatic carbocycles. The first-order valence-corrected chi connectivity index (χ1v) is 11.2. The van der Waals surface area contributed by atoms with Crippen molar-refractivity contribution in [2.45, 2.75) is 26.8 Å². The Morgan fingerprint density at radius 2 is 1.91 bits per heavy atom. The van der Waals surface area contributed by atoms with Gasteiger partial charge in [-0.1, -0.05) is 0 Å². The maximum Gasteiger partial charge on any atom is 0.256 e. The van der Waals surface area contributed by atoms with Gasteiger partial charge in [-0.05, 0) is 68.3 Å². The molecule has 3 aromatic rings. The maximum atomic E-state index is 12.9. The molecule has 4 N–H and O–H groups in total. The number of hydrogen-bond acceptors (Lipinski definition) is 4. The molecule has 0 fully saturated rings. The van der Waals surface area contributed by atoms with Crippen LogP contribution in [0.15, 0.2) is 42.7 Å². The van der Waals surface area contributed by atoms with Crippen LogP contribution in [-0.4, -0.2) is 33.6 Å². The number of nitrogens with one attached hydrogen (secondary N) is 4. The number of carbonyl (C=O) groups excluding carboxylic acids is 3. The topological polar surface area (TPSA) is 116 Å². The van der Waals surface area contributed by atoms with Crippen molar-refractivity contribution >= 4 is 52.3 Å². The van der Waals surface area contributed by atoms with Crippen LogP contribution in [0.2, 0.25) is 0 Å². The summed E-state index contributed by atoms with van der Waals surface area (Å²) in [6.45, 7) is 5.57. The first kappa shape index (κ1) is 23.3. The Kier molecular flexibility index (Phi) is 6.51. The second-order valence-corrected chi connectivity index (χ2v) is 8.36. The standard InChI is InChI=1S/C25H24ClN5O3/c1-13-21(28-15(3)23(13)31-22(32)12-26)11-19-18-10-17(4-5-20(18)30-25(19)34)24(33)29-14(2)16-6-8-27-9-7-16/h4-11,14,28H,12H2,1-3H3,(H,29,33)(H,30,34)(H,31,32). The van der Waals surface area contributed by atoms with E-state index in [1.807, 2.05) is 32.9 Å². The zero-order valence-corrected chi connectivity index (χ0v) is 19.7. The fourth-order valence-electron chi connectivity index (χ4n) is 3.91. The number of aromatic nitrogens is 2. The summed E-state index contributed by atoms with van der Waals surface area (Å²) in [5.41, 5.74) is 5.92. The normalized spacial score (nSPS) is 14.5. The number of H-pyrrole nitrogens is 1. The van der Waals surface area contributed by atoms with Gasteiger partial charge in [0.1, 0.15) is 5.88 Å². The lowest BCUT2D eigenvalue weighted by Crippen LogP contribution is -2.26. The second-order valence-electron chi connectivity index (χ2n) is 8.09. The Morgan fingerprint density at radius 3 is 2.62 bits per heavy atom. The summed E-state index contributed by atoms with van der Waals surface area (Å²) in [7, 11) is 0. The highest BCUT2D eigenvalue weighted by Gasteiger charge is 2.26. The van der Waals surface area contributed by atoms with Gasteiger partial charge in [0.05, 0.1) is 17.3 Å². The van der Waals surface area contributed by atoms with E-state index in [1.165, 1.54) is 0 Å².